The second-order valence-corrected chi connectivity index (χ2v) is 6.12. The van der Waals surface area contributed by atoms with E-state index >= 15 is 0 Å². The molecule has 1 aliphatic heterocycles. The Kier molecular flexibility index (Phi) is 5.50. The van der Waals surface area contributed by atoms with Crippen LogP contribution in [0.25, 0.3) is 0 Å². The van der Waals surface area contributed by atoms with Crippen LogP contribution in [0.15, 0.2) is 28.7 Å². The molecule has 2 amide bonds. The van der Waals surface area contributed by atoms with Gasteiger partial charge in [-0.05, 0) is 18.2 Å². The topological polar surface area (TPSA) is 88.8 Å². The van der Waals surface area contributed by atoms with Crippen LogP contribution in [0.1, 0.15) is 28.6 Å². The molecule has 0 atom stereocenters. The van der Waals surface area contributed by atoms with Gasteiger partial charge in [0.1, 0.15) is 5.75 Å². The van der Waals surface area contributed by atoms with Crippen LogP contribution >= 0.6 is 0 Å². The smallest absolute Gasteiger partial charge is 0.254 e. The Morgan fingerprint density at radius 1 is 1.15 bits per heavy atom. The summed E-state index contributed by atoms with van der Waals surface area (Å²) in [5.41, 5.74) is 0.593. The first-order valence-electron chi connectivity index (χ1n) is 8.57. The number of rotatable bonds is 5. The first-order chi connectivity index (χ1) is 12.6. The fraction of sp³-hybridized carbons (Fsp3) is 0.444. The van der Waals surface area contributed by atoms with Crippen molar-refractivity contribution >= 4 is 11.8 Å². The van der Waals surface area contributed by atoms with Crippen LogP contribution in [-0.4, -0.2) is 65.1 Å². The molecule has 2 aromatic rings. The largest absolute Gasteiger partial charge is 0.497 e. The predicted molar refractivity (Wildman–Crippen MR) is 92.8 cm³/mol. The van der Waals surface area contributed by atoms with Gasteiger partial charge in [-0.25, -0.2) is 0 Å². The molecular formula is C18H22N4O4. The highest BCUT2D eigenvalue weighted by molar-refractivity contribution is 5.94. The van der Waals surface area contributed by atoms with E-state index in [9.17, 15) is 9.59 Å². The highest BCUT2D eigenvalue weighted by Gasteiger charge is 2.25. The van der Waals surface area contributed by atoms with E-state index in [4.69, 9.17) is 9.15 Å². The SMILES string of the molecule is COc1cccc(C(=O)N2CCN(C(=O)CCc3nnc(C)o3)CC2)c1. The maximum atomic E-state index is 12.6. The van der Waals surface area contributed by atoms with Crippen LogP contribution in [0.5, 0.6) is 5.75 Å². The summed E-state index contributed by atoms with van der Waals surface area (Å²) in [4.78, 5) is 28.5. The summed E-state index contributed by atoms with van der Waals surface area (Å²) < 4.78 is 10.4. The van der Waals surface area contributed by atoms with Gasteiger partial charge in [0.15, 0.2) is 0 Å². The molecule has 0 radical (unpaired) electrons. The van der Waals surface area contributed by atoms with Crippen molar-refractivity contribution in [1.82, 2.24) is 20.0 Å². The first-order valence-corrected chi connectivity index (χ1v) is 8.57. The Hall–Kier alpha value is -2.90. The molecule has 1 fully saturated rings. The third kappa shape index (κ3) is 4.19. The molecule has 0 aliphatic carbocycles. The van der Waals surface area contributed by atoms with E-state index in [0.717, 1.165) is 0 Å². The molecule has 1 aromatic heterocycles. The number of nitrogens with zero attached hydrogens (tertiary/aromatic N) is 4. The summed E-state index contributed by atoms with van der Waals surface area (Å²) in [5.74, 6) is 1.62. The summed E-state index contributed by atoms with van der Waals surface area (Å²) in [6, 6.07) is 7.10. The van der Waals surface area contributed by atoms with Crippen molar-refractivity contribution in [1.29, 1.82) is 0 Å². The third-order valence-electron chi connectivity index (χ3n) is 4.36. The Morgan fingerprint density at radius 3 is 2.54 bits per heavy atom. The standard InChI is InChI=1S/C18H22N4O4/c1-13-19-20-16(26-13)6-7-17(23)21-8-10-22(11-9-21)18(24)14-4-3-5-15(12-14)25-2/h3-5,12H,6-11H2,1-2H3. The highest BCUT2D eigenvalue weighted by atomic mass is 16.5. The van der Waals surface area contributed by atoms with Gasteiger partial charge in [-0.3, -0.25) is 9.59 Å². The molecule has 138 valence electrons. The number of hydrogen-bond donors (Lipinski definition) is 0. The fourth-order valence-corrected chi connectivity index (χ4v) is 2.91. The Balaban J connectivity index is 1.50. The number of aromatic nitrogens is 2. The lowest BCUT2D eigenvalue weighted by Gasteiger charge is -2.34. The minimum atomic E-state index is -0.0441. The van der Waals surface area contributed by atoms with Crippen LogP contribution in [0.2, 0.25) is 0 Å². The minimum Gasteiger partial charge on any atom is -0.497 e. The zero-order valence-corrected chi connectivity index (χ0v) is 15.0. The highest BCUT2D eigenvalue weighted by Crippen LogP contribution is 2.16. The lowest BCUT2D eigenvalue weighted by Crippen LogP contribution is -2.50. The first kappa shape index (κ1) is 17.9. The number of carbonyl (C=O) groups is 2. The molecule has 0 unspecified atom stereocenters. The van der Waals surface area contributed by atoms with Gasteiger partial charge in [0.2, 0.25) is 17.7 Å². The summed E-state index contributed by atoms with van der Waals surface area (Å²) in [6.45, 7) is 3.80. The summed E-state index contributed by atoms with van der Waals surface area (Å²) in [5, 5.41) is 7.65. The Morgan fingerprint density at radius 2 is 1.88 bits per heavy atom. The molecule has 26 heavy (non-hydrogen) atoms. The van der Waals surface area contributed by atoms with Crippen LogP contribution in [0.4, 0.5) is 0 Å². The molecule has 0 bridgehead atoms. The quantitative estimate of drug-likeness (QED) is 0.800. The molecule has 8 nitrogen and oxygen atoms in total. The number of amides is 2. The molecule has 1 saturated heterocycles. The van der Waals surface area contributed by atoms with Crippen molar-refractivity contribution in [2.24, 2.45) is 0 Å². The number of aryl methyl sites for hydroxylation is 2. The van der Waals surface area contributed by atoms with E-state index in [1.807, 2.05) is 0 Å². The number of methoxy groups -OCH3 is 1. The van der Waals surface area contributed by atoms with Crippen molar-refractivity contribution in [2.75, 3.05) is 33.3 Å². The molecule has 0 spiro atoms. The van der Waals surface area contributed by atoms with Gasteiger partial charge in [0.25, 0.3) is 5.91 Å². The summed E-state index contributed by atoms with van der Waals surface area (Å²) in [7, 11) is 1.57. The monoisotopic (exact) mass is 358 g/mol. The Labute approximate surface area is 151 Å². The van der Waals surface area contributed by atoms with E-state index in [-0.39, 0.29) is 11.8 Å². The van der Waals surface area contributed by atoms with Gasteiger partial charge in [-0.15, -0.1) is 10.2 Å². The van der Waals surface area contributed by atoms with Crippen LogP contribution < -0.4 is 4.74 Å². The van der Waals surface area contributed by atoms with Gasteiger partial charge in [0, 0.05) is 51.5 Å². The lowest BCUT2D eigenvalue weighted by atomic mass is 10.1. The normalized spacial score (nSPS) is 14.4. The molecule has 1 aromatic carbocycles. The van der Waals surface area contributed by atoms with Crippen LogP contribution in [0, 0.1) is 6.92 Å². The van der Waals surface area contributed by atoms with Crippen molar-refractivity contribution in [3.8, 4) is 5.75 Å². The van der Waals surface area contributed by atoms with Gasteiger partial charge in [0.05, 0.1) is 7.11 Å². The zero-order valence-electron chi connectivity index (χ0n) is 15.0. The third-order valence-corrected chi connectivity index (χ3v) is 4.36. The predicted octanol–water partition coefficient (Wildman–Crippen LogP) is 1.30. The van der Waals surface area contributed by atoms with E-state index in [2.05, 4.69) is 10.2 Å². The van der Waals surface area contributed by atoms with Crippen LogP contribution in [-0.2, 0) is 11.2 Å². The maximum Gasteiger partial charge on any atom is 0.254 e. The second-order valence-electron chi connectivity index (χ2n) is 6.12. The average Bonchev–Trinajstić information content (AvgIpc) is 3.11. The number of hydrogen-bond acceptors (Lipinski definition) is 6. The molecule has 8 heteroatoms. The van der Waals surface area contributed by atoms with Gasteiger partial charge < -0.3 is 19.0 Å². The van der Waals surface area contributed by atoms with E-state index in [0.29, 0.717) is 62.1 Å². The van der Waals surface area contributed by atoms with Crippen LogP contribution in [0.3, 0.4) is 0 Å². The number of ether oxygens (including phenoxy) is 1. The molecule has 0 saturated carbocycles. The summed E-state index contributed by atoms with van der Waals surface area (Å²) >= 11 is 0. The van der Waals surface area contributed by atoms with Crippen molar-refractivity contribution in [3.63, 3.8) is 0 Å². The van der Waals surface area contributed by atoms with E-state index in [1.54, 1.807) is 48.1 Å². The van der Waals surface area contributed by atoms with Crippen molar-refractivity contribution < 1.29 is 18.7 Å². The molecule has 1 aliphatic rings. The number of benzene rings is 1. The van der Waals surface area contributed by atoms with E-state index in [1.165, 1.54) is 0 Å². The maximum absolute atomic E-state index is 12.6. The number of carbonyl (C=O) groups excluding carboxylic acids is 2. The molecule has 2 heterocycles. The fourth-order valence-electron chi connectivity index (χ4n) is 2.91. The summed E-state index contributed by atoms with van der Waals surface area (Å²) in [6.07, 6.45) is 0.758. The molecule has 3 rings (SSSR count). The zero-order chi connectivity index (χ0) is 18.5. The van der Waals surface area contributed by atoms with Gasteiger partial charge in [-0.1, -0.05) is 6.07 Å². The Bertz CT molecular complexity index is 781. The van der Waals surface area contributed by atoms with E-state index < -0.39 is 0 Å². The number of piperazine rings is 1. The van der Waals surface area contributed by atoms with Gasteiger partial charge in [-0.2, -0.15) is 0 Å². The van der Waals surface area contributed by atoms with Crippen molar-refractivity contribution in [3.05, 3.63) is 41.6 Å². The lowest BCUT2D eigenvalue weighted by molar-refractivity contribution is -0.132. The molecular weight excluding hydrogens is 336 g/mol. The molecule has 0 N–H and O–H groups in total. The second kappa shape index (κ2) is 7.99. The minimum absolute atomic E-state index is 0.0364. The van der Waals surface area contributed by atoms with Gasteiger partial charge >= 0.3 is 0 Å². The van der Waals surface area contributed by atoms with Crippen molar-refractivity contribution in [2.45, 2.75) is 19.8 Å². The average molecular weight is 358 g/mol.